The average molecular weight is 210 g/mol. The number of hydrogen-bond acceptors (Lipinski definition) is 4. The van der Waals surface area contributed by atoms with E-state index in [0.29, 0.717) is 5.82 Å². The molecule has 0 aliphatic heterocycles. The molecule has 2 N–H and O–H groups in total. The van der Waals surface area contributed by atoms with Crippen LogP contribution in [0.5, 0.6) is 0 Å². The number of hydrogen-bond donors (Lipinski definition) is 1. The first-order chi connectivity index (χ1) is 7.06. The number of aromatic nitrogens is 3. The summed E-state index contributed by atoms with van der Waals surface area (Å²) in [5.41, 5.74) is 5.76. The van der Waals surface area contributed by atoms with E-state index in [9.17, 15) is 4.79 Å². The largest absolute Gasteiger partial charge is 0.321 e. The van der Waals surface area contributed by atoms with Crippen LogP contribution in [0.2, 0.25) is 0 Å². The van der Waals surface area contributed by atoms with Crippen molar-refractivity contribution in [3.05, 3.63) is 12.2 Å². The molecule has 0 fully saturated rings. The van der Waals surface area contributed by atoms with Crippen LogP contribution in [0.4, 0.5) is 0 Å². The lowest BCUT2D eigenvalue weighted by atomic mass is 9.99. The molecule has 0 aromatic carbocycles. The smallest absolute Gasteiger partial charge is 0.157 e. The van der Waals surface area contributed by atoms with Gasteiger partial charge in [0, 0.05) is 6.54 Å². The zero-order chi connectivity index (χ0) is 11.4. The summed E-state index contributed by atoms with van der Waals surface area (Å²) in [5.74, 6) is 0.877. The van der Waals surface area contributed by atoms with E-state index in [1.165, 1.54) is 6.33 Å². The summed E-state index contributed by atoms with van der Waals surface area (Å²) >= 11 is 0. The molecule has 0 aliphatic rings. The number of aryl methyl sites for hydroxylation is 1. The Morgan fingerprint density at radius 3 is 2.80 bits per heavy atom. The summed E-state index contributed by atoms with van der Waals surface area (Å²) in [4.78, 5) is 15.8. The highest BCUT2D eigenvalue weighted by Gasteiger charge is 2.19. The third-order valence-electron chi connectivity index (χ3n) is 2.42. The first-order valence-electron chi connectivity index (χ1n) is 5.21. The zero-order valence-corrected chi connectivity index (χ0v) is 9.47. The van der Waals surface area contributed by atoms with Crippen molar-refractivity contribution in [2.75, 3.05) is 0 Å². The Hall–Kier alpha value is -1.23. The summed E-state index contributed by atoms with van der Waals surface area (Å²) in [6, 6.07) is -0.410. The minimum absolute atomic E-state index is 0.0210. The van der Waals surface area contributed by atoms with Gasteiger partial charge in [0.1, 0.15) is 12.2 Å². The highest BCUT2D eigenvalue weighted by Crippen LogP contribution is 2.04. The molecular formula is C10H18N4O. The zero-order valence-electron chi connectivity index (χ0n) is 9.47. The summed E-state index contributed by atoms with van der Waals surface area (Å²) in [7, 11) is 0. The van der Waals surface area contributed by atoms with Crippen molar-refractivity contribution in [1.29, 1.82) is 0 Å². The third kappa shape index (κ3) is 2.86. The molecule has 1 atom stereocenters. The molecule has 1 heterocycles. The Morgan fingerprint density at radius 1 is 1.60 bits per heavy atom. The van der Waals surface area contributed by atoms with Crippen LogP contribution in [0, 0.1) is 5.92 Å². The van der Waals surface area contributed by atoms with Gasteiger partial charge < -0.3 is 5.73 Å². The molecule has 1 aromatic heterocycles. The minimum Gasteiger partial charge on any atom is -0.321 e. The fourth-order valence-electron chi connectivity index (χ4n) is 1.33. The normalized spacial score (nSPS) is 13.1. The van der Waals surface area contributed by atoms with E-state index < -0.39 is 6.04 Å². The molecule has 0 amide bonds. The number of nitrogens with two attached hydrogens (primary N) is 1. The average Bonchev–Trinajstić information content (AvgIpc) is 2.63. The monoisotopic (exact) mass is 210 g/mol. The van der Waals surface area contributed by atoms with Gasteiger partial charge >= 0.3 is 0 Å². The summed E-state index contributed by atoms with van der Waals surface area (Å²) < 4.78 is 1.71. The fourth-order valence-corrected chi connectivity index (χ4v) is 1.33. The summed E-state index contributed by atoms with van der Waals surface area (Å²) in [5, 5.41) is 4.00. The molecule has 5 heteroatoms. The van der Waals surface area contributed by atoms with Crippen LogP contribution in [0.25, 0.3) is 0 Å². The Labute approximate surface area is 89.7 Å². The first kappa shape index (κ1) is 11.8. The minimum atomic E-state index is -0.410. The molecular weight excluding hydrogens is 192 g/mol. The van der Waals surface area contributed by atoms with E-state index in [-0.39, 0.29) is 18.1 Å². The van der Waals surface area contributed by atoms with E-state index in [4.69, 9.17) is 5.73 Å². The topological polar surface area (TPSA) is 73.8 Å². The van der Waals surface area contributed by atoms with Gasteiger partial charge in [0.25, 0.3) is 0 Å². The molecule has 0 bridgehead atoms. The fraction of sp³-hybridized carbons (Fsp3) is 0.700. The standard InChI is InChI=1S/C10H18N4O/c1-4-14-9(12-6-13-14)5-8(15)10(11)7(2)3/h6-7,10H,4-5,11H2,1-3H3. The van der Waals surface area contributed by atoms with Crippen LogP contribution >= 0.6 is 0 Å². The van der Waals surface area contributed by atoms with E-state index in [1.807, 2.05) is 20.8 Å². The number of ketones is 1. The van der Waals surface area contributed by atoms with Gasteiger partial charge in [-0.3, -0.25) is 4.79 Å². The first-order valence-corrected chi connectivity index (χ1v) is 5.21. The predicted molar refractivity (Wildman–Crippen MR) is 57.2 cm³/mol. The van der Waals surface area contributed by atoms with Crippen LogP contribution < -0.4 is 5.73 Å². The Balaban J connectivity index is 2.66. The molecule has 0 aliphatic carbocycles. The molecule has 84 valence electrons. The maximum Gasteiger partial charge on any atom is 0.157 e. The Kier molecular flexibility index (Phi) is 3.96. The van der Waals surface area contributed by atoms with E-state index >= 15 is 0 Å². The summed E-state index contributed by atoms with van der Waals surface area (Å²) in [6.07, 6.45) is 1.74. The van der Waals surface area contributed by atoms with Gasteiger partial charge in [-0.05, 0) is 12.8 Å². The van der Waals surface area contributed by atoms with Gasteiger partial charge in [0.15, 0.2) is 5.78 Å². The second-order valence-electron chi connectivity index (χ2n) is 3.90. The number of carbonyl (C=O) groups is 1. The summed E-state index contributed by atoms with van der Waals surface area (Å²) in [6.45, 7) is 6.56. The lowest BCUT2D eigenvalue weighted by molar-refractivity contribution is -0.120. The lowest BCUT2D eigenvalue weighted by Gasteiger charge is -2.13. The van der Waals surface area contributed by atoms with Gasteiger partial charge in [-0.25, -0.2) is 9.67 Å². The van der Waals surface area contributed by atoms with E-state index in [0.717, 1.165) is 6.54 Å². The maximum absolute atomic E-state index is 11.7. The van der Waals surface area contributed by atoms with Crippen molar-refractivity contribution in [2.45, 2.75) is 39.8 Å². The Bertz CT molecular complexity index is 332. The predicted octanol–water partition coefficient (Wildman–Crippen LogP) is 0.393. The molecule has 0 radical (unpaired) electrons. The SMILES string of the molecule is CCn1ncnc1CC(=O)C(N)C(C)C. The van der Waals surface area contributed by atoms with Gasteiger partial charge in [-0.15, -0.1) is 0 Å². The molecule has 0 saturated heterocycles. The third-order valence-corrected chi connectivity index (χ3v) is 2.42. The second-order valence-corrected chi connectivity index (χ2v) is 3.90. The Morgan fingerprint density at radius 2 is 2.27 bits per heavy atom. The van der Waals surface area contributed by atoms with Crippen molar-refractivity contribution >= 4 is 5.78 Å². The van der Waals surface area contributed by atoms with Gasteiger partial charge in [0.05, 0.1) is 12.5 Å². The number of carbonyl (C=O) groups excluding carboxylic acids is 1. The van der Waals surface area contributed by atoms with E-state index in [1.54, 1.807) is 4.68 Å². The van der Waals surface area contributed by atoms with Crippen molar-refractivity contribution < 1.29 is 4.79 Å². The van der Waals surface area contributed by atoms with Crippen molar-refractivity contribution in [3.63, 3.8) is 0 Å². The van der Waals surface area contributed by atoms with E-state index in [2.05, 4.69) is 10.1 Å². The number of Topliss-reactive ketones (excluding diaryl/α,β-unsaturated/α-hetero) is 1. The van der Waals surface area contributed by atoms with Gasteiger partial charge in [-0.1, -0.05) is 13.8 Å². The number of nitrogens with zero attached hydrogens (tertiary/aromatic N) is 3. The van der Waals surface area contributed by atoms with Crippen molar-refractivity contribution in [1.82, 2.24) is 14.8 Å². The molecule has 1 aromatic rings. The molecule has 1 unspecified atom stereocenters. The second kappa shape index (κ2) is 5.02. The molecule has 0 spiro atoms. The van der Waals surface area contributed by atoms with Crippen LogP contribution in [-0.4, -0.2) is 26.6 Å². The molecule has 15 heavy (non-hydrogen) atoms. The molecule has 5 nitrogen and oxygen atoms in total. The van der Waals surface area contributed by atoms with Crippen LogP contribution in [0.1, 0.15) is 26.6 Å². The van der Waals surface area contributed by atoms with Crippen molar-refractivity contribution in [3.8, 4) is 0 Å². The maximum atomic E-state index is 11.7. The quantitative estimate of drug-likeness (QED) is 0.763. The van der Waals surface area contributed by atoms with Crippen LogP contribution in [-0.2, 0) is 17.8 Å². The molecule has 0 saturated carbocycles. The van der Waals surface area contributed by atoms with Gasteiger partial charge in [0.2, 0.25) is 0 Å². The number of rotatable bonds is 5. The van der Waals surface area contributed by atoms with Crippen LogP contribution in [0.15, 0.2) is 6.33 Å². The lowest BCUT2D eigenvalue weighted by Crippen LogP contribution is -2.37. The van der Waals surface area contributed by atoms with Crippen LogP contribution in [0.3, 0.4) is 0 Å². The molecule has 1 rings (SSSR count). The van der Waals surface area contributed by atoms with Gasteiger partial charge in [-0.2, -0.15) is 5.10 Å². The highest BCUT2D eigenvalue weighted by atomic mass is 16.1. The van der Waals surface area contributed by atoms with Crippen molar-refractivity contribution in [2.24, 2.45) is 11.7 Å². The highest BCUT2D eigenvalue weighted by molar-refractivity contribution is 5.85.